The van der Waals surface area contributed by atoms with Gasteiger partial charge >= 0.3 is 5.97 Å². The molecule has 3 amide bonds. The van der Waals surface area contributed by atoms with Crippen molar-refractivity contribution in [1.82, 2.24) is 20.1 Å². The monoisotopic (exact) mass is 1560 g/mol. The number of nitrogens with two attached hydrogens (primary N) is 1. The Morgan fingerprint density at radius 2 is 0.813 bits per heavy atom. The van der Waals surface area contributed by atoms with Gasteiger partial charge in [-0.1, -0.05) is 45.0 Å². The second-order valence-electron chi connectivity index (χ2n) is 25.0. The van der Waals surface area contributed by atoms with Crippen LogP contribution in [-0.4, -0.2) is 380 Å². The largest absolute Gasteiger partial charge is 0.463 e. The van der Waals surface area contributed by atoms with Crippen LogP contribution in [0.2, 0.25) is 0 Å². The zero-order chi connectivity index (χ0) is 77.2. The number of β-amino-alcohol motifs (C(OH)–C–C–N with tert-alkyl or cyclic N) is 1. The van der Waals surface area contributed by atoms with Crippen LogP contribution < -0.4 is 11.1 Å². The van der Waals surface area contributed by atoms with Gasteiger partial charge in [0.2, 0.25) is 17.7 Å². The molecular formula is C73H129N5O28S. The number of methoxy groups -OCH3 is 1. The molecule has 2 aromatic rings. The molecule has 2 heterocycles. The fourth-order valence-corrected chi connectivity index (χ4v) is 10.2. The number of esters is 1. The maximum Gasteiger partial charge on any atom is 0.306 e. The first kappa shape index (κ1) is 97.0. The van der Waals surface area contributed by atoms with Crippen molar-refractivity contribution in [2.45, 2.75) is 71.2 Å². The summed E-state index contributed by atoms with van der Waals surface area (Å²) >= 11 is 1.51. The Hall–Kier alpha value is -4.23. The van der Waals surface area contributed by atoms with Crippen LogP contribution in [0.15, 0.2) is 29.8 Å². The molecule has 1 aromatic carbocycles. The van der Waals surface area contributed by atoms with Crippen LogP contribution in [0.25, 0.3) is 10.4 Å². The van der Waals surface area contributed by atoms with E-state index in [0.29, 0.717) is 290 Å². The number of carbonyl (C=O) groups is 4. The van der Waals surface area contributed by atoms with E-state index < -0.39 is 47.4 Å². The van der Waals surface area contributed by atoms with Crippen molar-refractivity contribution in [3.8, 4) is 10.4 Å². The topological polar surface area (TPSA) is 358 Å². The van der Waals surface area contributed by atoms with E-state index >= 15 is 0 Å². The van der Waals surface area contributed by atoms with Crippen molar-refractivity contribution in [2.75, 3.05) is 318 Å². The number of aromatic nitrogens is 1. The van der Waals surface area contributed by atoms with E-state index in [1.54, 1.807) is 19.7 Å². The second-order valence-corrected chi connectivity index (χ2v) is 25.9. The third kappa shape index (κ3) is 52.6. The number of likely N-dealkylation sites (N-methyl/N-ethyl adjacent to an activating group) is 1. The van der Waals surface area contributed by atoms with E-state index in [1.165, 1.54) is 21.1 Å². The number of nitrogens with one attached hydrogen (secondary N) is 1. The van der Waals surface area contributed by atoms with Crippen molar-refractivity contribution in [3.05, 3.63) is 41.0 Å². The third-order valence-electron chi connectivity index (χ3n) is 15.5. The van der Waals surface area contributed by atoms with Gasteiger partial charge in [0.25, 0.3) is 0 Å². The second kappa shape index (κ2) is 67.5. The van der Waals surface area contributed by atoms with Gasteiger partial charge in [-0.15, -0.1) is 11.3 Å². The number of aryl methyl sites for hydroxylation is 1. The molecule has 0 bridgehead atoms. The van der Waals surface area contributed by atoms with E-state index in [9.17, 15) is 24.3 Å². The maximum absolute atomic E-state index is 13.9. The van der Waals surface area contributed by atoms with Crippen LogP contribution >= 0.6 is 11.3 Å². The highest BCUT2D eigenvalue weighted by atomic mass is 32.1. The molecule has 4 atom stereocenters. The third-order valence-corrected chi connectivity index (χ3v) is 16.5. The Balaban J connectivity index is 0.970. The fourth-order valence-electron chi connectivity index (χ4n) is 9.41. The number of carbonyl (C=O) groups excluding carboxylic acids is 4. The minimum absolute atomic E-state index is 0.0287. The molecule has 620 valence electrons. The van der Waals surface area contributed by atoms with Crippen molar-refractivity contribution in [3.63, 3.8) is 0 Å². The Labute approximate surface area is 637 Å². The number of hydrogen-bond acceptors (Lipinski definition) is 31. The fraction of sp³-hybridized carbons (Fsp3) is 0.822. The molecule has 34 heteroatoms. The molecule has 4 N–H and O–H groups in total. The number of rotatable bonds is 76. The number of aliphatic hydroxyl groups is 1. The van der Waals surface area contributed by atoms with E-state index in [0.717, 1.165) is 16.1 Å². The smallest absolute Gasteiger partial charge is 0.306 e. The average Bonchev–Trinajstić information content (AvgIpc) is 1.70. The Bertz CT molecular complexity index is 2430. The van der Waals surface area contributed by atoms with Crippen LogP contribution in [0.5, 0.6) is 0 Å². The van der Waals surface area contributed by atoms with Gasteiger partial charge in [-0.3, -0.25) is 19.2 Å². The minimum Gasteiger partial charge on any atom is -0.463 e. The zero-order valence-corrected chi connectivity index (χ0v) is 65.5. The van der Waals surface area contributed by atoms with Crippen LogP contribution in [0.1, 0.15) is 57.3 Å². The summed E-state index contributed by atoms with van der Waals surface area (Å²) in [5.74, 6) is -1.84. The molecule has 1 aliphatic rings. The minimum atomic E-state index is -0.982. The van der Waals surface area contributed by atoms with Gasteiger partial charge in [0.05, 0.1) is 325 Å². The summed E-state index contributed by atoms with van der Waals surface area (Å²) < 4.78 is 126. The number of likely N-dealkylation sites (tertiary alicyclic amines) is 1. The molecule has 0 radical (unpaired) electrons. The summed E-state index contributed by atoms with van der Waals surface area (Å²) in [4.78, 5) is 61.4. The molecule has 1 saturated heterocycles. The molecule has 3 rings (SSSR count). The van der Waals surface area contributed by atoms with Crippen LogP contribution in [0.4, 0.5) is 0 Å². The number of benzene rings is 1. The number of thiazole rings is 1. The lowest BCUT2D eigenvalue weighted by Gasteiger charge is -2.33. The number of amides is 3. The quantitative estimate of drug-likeness (QED) is 0.0632. The SMILES string of the molecule is COCCOCCOCCOCCOCCOCCOCCOCCOCCOCCOCCOCCOCCOCCOCCOCCOCCOCCOCCOCCOCCOCCN(C)C(=O)CCC(=O)OC[C@H](NC(=O)[C@@H]1C[C@@H](O)CN1C(=O)[C@@H](N)C(C)(C)C)c1ccc(-c2scnc2C)cc1. The molecule has 0 aliphatic carbocycles. The molecule has 0 saturated carbocycles. The van der Waals surface area contributed by atoms with Crippen molar-refractivity contribution in [1.29, 1.82) is 0 Å². The summed E-state index contributed by atoms with van der Waals surface area (Å²) in [6.45, 7) is 27.4. The predicted molar refractivity (Wildman–Crippen MR) is 394 cm³/mol. The molecule has 107 heavy (non-hydrogen) atoms. The Morgan fingerprint density at radius 3 is 1.10 bits per heavy atom. The predicted octanol–water partition coefficient (Wildman–Crippen LogP) is 2.39. The van der Waals surface area contributed by atoms with Gasteiger partial charge in [-0.25, -0.2) is 4.98 Å². The molecule has 0 spiro atoms. The summed E-state index contributed by atoms with van der Waals surface area (Å²) in [5.41, 5.74) is 9.95. The van der Waals surface area contributed by atoms with Crippen molar-refractivity contribution < 1.29 is 133 Å². The molecular weight excluding hydrogens is 1430 g/mol. The highest BCUT2D eigenvalue weighted by Gasteiger charge is 2.43. The van der Waals surface area contributed by atoms with Crippen molar-refractivity contribution in [2.24, 2.45) is 11.1 Å². The first-order chi connectivity index (χ1) is 52.2. The van der Waals surface area contributed by atoms with Gasteiger partial charge in [0.1, 0.15) is 12.6 Å². The first-order valence-electron chi connectivity index (χ1n) is 37.3. The van der Waals surface area contributed by atoms with Crippen LogP contribution in [0, 0.1) is 12.3 Å². The Kier molecular flexibility index (Phi) is 61.1. The standard InChI is InChI=1S/C73H129N5O28S/c1-61-69(107-60-75-61)63-9-7-62(8-10-63)65(76-71(82)66-57-64(79)58-78(66)72(83)70(74)73(2,3)4)59-106-68(81)12-11-67(80)77(5)13-14-85-17-18-87-21-22-89-25-26-91-29-30-93-33-34-95-37-38-97-41-42-99-45-46-101-49-50-103-53-54-105-56-55-104-52-51-102-48-47-100-44-43-98-40-39-96-36-35-94-32-31-92-28-27-90-24-23-88-20-19-86-16-15-84-6/h7-10,60,64-66,70,79H,11-59,74H2,1-6H3,(H,76,82)/t64-,65+,66+,70-/m1/s1. The first-order valence-corrected chi connectivity index (χ1v) is 38.2. The average molecular weight is 1560 g/mol. The van der Waals surface area contributed by atoms with Crippen molar-refractivity contribution >= 4 is 35.0 Å². The van der Waals surface area contributed by atoms with Gasteiger partial charge in [-0.2, -0.15) is 0 Å². The lowest BCUT2D eigenvalue weighted by molar-refractivity contribution is -0.147. The van der Waals surface area contributed by atoms with Gasteiger partial charge < -0.3 is 135 Å². The summed E-state index contributed by atoms with van der Waals surface area (Å²) in [7, 11) is 3.27. The lowest BCUT2D eigenvalue weighted by Crippen LogP contribution is -2.55. The molecule has 1 aromatic heterocycles. The number of hydrogen-bond donors (Lipinski definition) is 3. The van der Waals surface area contributed by atoms with E-state index in [1.807, 2.05) is 52.0 Å². The highest BCUT2D eigenvalue weighted by Crippen LogP contribution is 2.30. The Morgan fingerprint density at radius 1 is 0.505 bits per heavy atom. The lowest BCUT2D eigenvalue weighted by atomic mass is 9.86. The van der Waals surface area contributed by atoms with Gasteiger partial charge in [0, 0.05) is 40.1 Å². The summed E-state index contributed by atoms with van der Waals surface area (Å²) in [6, 6.07) is 4.77. The molecule has 33 nitrogen and oxygen atoms in total. The normalized spacial score (nSPS) is 14.5. The maximum atomic E-state index is 13.9. The zero-order valence-electron chi connectivity index (χ0n) is 64.6. The highest BCUT2D eigenvalue weighted by molar-refractivity contribution is 7.13. The number of aliphatic hydroxyl groups excluding tert-OH is 1. The number of ether oxygens (including phenoxy) is 23. The van der Waals surface area contributed by atoms with Gasteiger partial charge in [-0.05, 0) is 23.5 Å². The molecule has 0 unspecified atom stereocenters. The molecule has 1 aliphatic heterocycles. The summed E-state index contributed by atoms with van der Waals surface area (Å²) in [5, 5.41) is 13.5. The van der Waals surface area contributed by atoms with E-state index in [2.05, 4.69) is 10.3 Å². The van der Waals surface area contributed by atoms with Crippen LogP contribution in [-0.2, 0) is 128 Å². The van der Waals surface area contributed by atoms with E-state index in [-0.39, 0.29) is 44.9 Å². The van der Waals surface area contributed by atoms with E-state index in [4.69, 9.17) is 115 Å². The van der Waals surface area contributed by atoms with Crippen LogP contribution in [0.3, 0.4) is 0 Å². The summed E-state index contributed by atoms with van der Waals surface area (Å²) in [6.07, 6.45) is -1.16. The van der Waals surface area contributed by atoms with Gasteiger partial charge in [0.15, 0.2) is 0 Å². The molecule has 1 fully saturated rings. The number of nitrogens with zero attached hydrogens (tertiary/aromatic N) is 3.